The fraction of sp³-hybridized carbons (Fsp3) is 0.625. The minimum absolute atomic E-state index is 0.0120. The standard InChI is InChI=1S/C16H27NO3S/c1-3-5-9-13-17(14-10-6-4-2)15-11-7-8-12-16(15)21(18,19)20/h7-8,11-12H,3-6,9-10,13-14H2,1-2H3,(H,18,19,20). The molecule has 1 rings (SSSR count). The second-order valence-electron chi connectivity index (χ2n) is 5.34. The zero-order chi connectivity index (χ0) is 15.7. The number of anilines is 1. The van der Waals surface area contributed by atoms with Crippen LogP contribution in [0.1, 0.15) is 52.4 Å². The van der Waals surface area contributed by atoms with Crippen LogP contribution in [0.4, 0.5) is 5.69 Å². The number of hydrogen-bond acceptors (Lipinski definition) is 3. The highest BCUT2D eigenvalue weighted by atomic mass is 32.2. The molecule has 0 aliphatic rings. The molecule has 0 atom stereocenters. The number of para-hydroxylation sites is 1. The Hall–Kier alpha value is -1.07. The van der Waals surface area contributed by atoms with Crippen LogP contribution in [0, 0.1) is 0 Å². The molecule has 0 radical (unpaired) electrons. The molecule has 0 spiro atoms. The Kier molecular flexibility index (Phi) is 7.75. The fourth-order valence-corrected chi connectivity index (χ4v) is 3.11. The molecule has 0 aliphatic carbocycles. The maximum atomic E-state index is 11.5. The maximum absolute atomic E-state index is 11.5. The van der Waals surface area contributed by atoms with Crippen LogP contribution >= 0.6 is 0 Å². The number of hydrogen-bond donors (Lipinski definition) is 1. The van der Waals surface area contributed by atoms with Crippen LogP contribution in [0.5, 0.6) is 0 Å². The van der Waals surface area contributed by atoms with E-state index in [1.807, 2.05) is 6.07 Å². The zero-order valence-corrected chi connectivity index (χ0v) is 13.9. The molecule has 1 aromatic rings. The Morgan fingerprint density at radius 2 is 1.48 bits per heavy atom. The molecule has 0 saturated heterocycles. The van der Waals surface area contributed by atoms with Gasteiger partial charge in [0.15, 0.2) is 0 Å². The first-order valence-electron chi connectivity index (χ1n) is 7.82. The summed E-state index contributed by atoms with van der Waals surface area (Å²) in [6.45, 7) is 5.94. The van der Waals surface area contributed by atoms with Crippen molar-refractivity contribution in [3.63, 3.8) is 0 Å². The van der Waals surface area contributed by atoms with Gasteiger partial charge in [-0.05, 0) is 25.0 Å². The van der Waals surface area contributed by atoms with Crippen molar-refractivity contribution in [3.8, 4) is 0 Å². The van der Waals surface area contributed by atoms with Crippen molar-refractivity contribution in [2.45, 2.75) is 57.3 Å². The lowest BCUT2D eigenvalue weighted by Gasteiger charge is -2.26. The van der Waals surface area contributed by atoms with Gasteiger partial charge in [-0.1, -0.05) is 51.7 Å². The van der Waals surface area contributed by atoms with Crippen LogP contribution < -0.4 is 4.90 Å². The van der Waals surface area contributed by atoms with E-state index >= 15 is 0 Å². The van der Waals surface area contributed by atoms with Gasteiger partial charge in [0, 0.05) is 13.1 Å². The second-order valence-corrected chi connectivity index (χ2v) is 6.73. The number of nitrogens with zero attached hydrogens (tertiary/aromatic N) is 1. The first kappa shape index (κ1) is 18.0. The van der Waals surface area contributed by atoms with Gasteiger partial charge in [-0.2, -0.15) is 8.42 Å². The molecule has 5 heteroatoms. The Labute approximate surface area is 128 Å². The van der Waals surface area contributed by atoms with Gasteiger partial charge in [0.1, 0.15) is 4.90 Å². The monoisotopic (exact) mass is 313 g/mol. The van der Waals surface area contributed by atoms with Crippen molar-refractivity contribution in [3.05, 3.63) is 24.3 Å². The van der Waals surface area contributed by atoms with Gasteiger partial charge in [-0.25, -0.2) is 0 Å². The van der Waals surface area contributed by atoms with Crippen LogP contribution in [0.15, 0.2) is 29.2 Å². The third kappa shape index (κ3) is 6.06. The summed E-state index contributed by atoms with van der Waals surface area (Å²) in [7, 11) is -4.18. The molecule has 21 heavy (non-hydrogen) atoms. The highest BCUT2D eigenvalue weighted by molar-refractivity contribution is 7.86. The number of benzene rings is 1. The summed E-state index contributed by atoms with van der Waals surface area (Å²) < 4.78 is 32.5. The molecule has 0 unspecified atom stereocenters. The van der Waals surface area contributed by atoms with Crippen molar-refractivity contribution in [2.75, 3.05) is 18.0 Å². The highest BCUT2D eigenvalue weighted by Gasteiger charge is 2.18. The molecule has 0 saturated carbocycles. The smallest absolute Gasteiger partial charge is 0.296 e. The zero-order valence-electron chi connectivity index (χ0n) is 13.1. The van der Waals surface area contributed by atoms with Gasteiger partial charge < -0.3 is 4.90 Å². The van der Waals surface area contributed by atoms with E-state index in [9.17, 15) is 13.0 Å². The highest BCUT2D eigenvalue weighted by Crippen LogP contribution is 2.25. The molecule has 4 nitrogen and oxygen atoms in total. The van der Waals surface area contributed by atoms with Gasteiger partial charge in [0.05, 0.1) is 5.69 Å². The average Bonchev–Trinajstić information content (AvgIpc) is 2.45. The van der Waals surface area contributed by atoms with Crippen LogP contribution in [0.25, 0.3) is 0 Å². The molecule has 0 amide bonds. The summed E-state index contributed by atoms with van der Waals surface area (Å²) in [6, 6.07) is 6.71. The van der Waals surface area contributed by atoms with Crippen molar-refractivity contribution in [2.24, 2.45) is 0 Å². The summed E-state index contributed by atoms with van der Waals surface area (Å²) in [4.78, 5) is 2.10. The second kappa shape index (κ2) is 9.05. The molecule has 0 bridgehead atoms. The summed E-state index contributed by atoms with van der Waals surface area (Å²) >= 11 is 0. The van der Waals surface area contributed by atoms with Crippen molar-refractivity contribution in [1.29, 1.82) is 0 Å². The van der Waals surface area contributed by atoms with E-state index in [4.69, 9.17) is 0 Å². The molecule has 120 valence electrons. The van der Waals surface area contributed by atoms with Gasteiger partial charge >= 0.3 is 0 Å². The Morgan fingerprint density at radius 3 is 1.95 bits per heavy atom. The summed E-state index contributed by atoms with van der Waals surface area (Å²) in [5.74, 6) is 0. The molecule has 1 aromatic carbocycles. The van der Waals surface area contributed by atoms with Gasteiger partial charge in [-0.3, -0.25) is 4.55 Å². The lowest BCUT2D eigenvalue weighted by molar-refractivity contribution is 0.482. The lowest BCUT2D eigenvalue weighted by Crippen LogP contribution is -2.27. The van der Waals surface area contributed by atoms with Crippen LogP contribution in [0.2, 0.25) is 0 Å². The molecule has 0 heterocycles. The Bertz CT molecular complexity index is 504. The minimum Gasteiger partial charge on any atom is -0.370 e. The Balaban J connectivity index is 2.95. The van der Waals surface area contributed by atoms with Gasteiger partial charge in [0.25, 0.3) is 10.1 Å². The first-order valence-corrected chi connectivity index (χ1v) is 9.26. The van der Waals surface area contributed by atoms with E-state index in [-0.39, 0.29) is 4.90 Å². The van der Waals surface area contributed by atoms with E-state index in [1.165, 1.54) is 6.07 Å². The fourth-order valence-electron chi connectivity index (χ4n) is 2.39. The first-order chi connectivity index (χ1) is 10.0. The third-order valence-electron chi connectivity index (χ3n) is 3.55. The SMILES string of the molecule is CCCCCN(CCCCC)c1ccccc1S(=O)(=O)O. The van der Waals surface area contributed by atoms with E-state index < -0.39 is 10.1 Å². The maximum Gasteiger partial charge on any atom is 0.296 e. The lowest BCUT2D eigenvalue weighted by atomic mass is 10.2. The molecular weight excluding hydrogens is 286 g/mol. The minimum atomic E-state index is -4.18. The normalized spacial score (nSPS) is 11.6. The van der Waals surface area contributed by atoms with Crippen LogP contribution in [-0.2, 0) is 10.1 Å². The van der Waals surface area contributed by atoms with E-state index in [1.54, 1.807) is 12.1 Å². The van der Waals surface area contributed by atoms with Crippen LogP contribution in [-0.4, -0.2) is 26.1 Å². The summed E-state index contributed by atoms with van der Waals surface area (Å²) in [5, 5.41) is 0. The molecule has 1 N–H and O–H groups in total. The molecule has 0 aromatic heterocycles. The summed E-state index contributed by atoms with van der Waals surface area (Å²) in [6.07, 6.45) is 6.56. The van der Waals surface area contributed by atoms with E-state index in [0.717, 1.165) is 51.6 Å². The quantitative estimate of drug-likeness (QED) is 0.521. The van der Waals surface area contributed by atoms with Crippen LogP contribution in [0.3, 0.4) is 0 Å². The molecular formula is C16H27NO3S. The molecule has 0 fully saturated rings. The largest absolute Gasteiger partial charge is 0.370 e. The third-order valence-corrected chi connectivity index (χ3v) is 4.45. The van der Waals surface area contributed by atoms with Gasteiger partial charge in [0.2, 0.25) is 0 Å². The van der Waals surface area contributed by atoms with E-state index in [2.05, 4.69) is 18.7 Å². The number of rotatable bonds is 10. The predicted octanol–water partition coefficient (Wildman–Crippen LogP) is 4.12. The molecule has 0 aliphatic heterocycles. The Morgan fingerprint density at radius 1 is 0.952 bits per heavy atom. The van der Waals surface area contributed by atoms with Crippen molar-refractivity contribution < 1.29 is 13.0 Å². The summed E-state index contributed by atoms with van der Waals surface area (Å²) in [5.41, 5.74) is 0.618. The van der Waals surface area contributed by atoms with E-state index in [0.29, 0.717) is 5.69 Å². The van der Waals surface area contributed by atoms with Gasteiger partial charge in [-0.15, -0.1) is 0 Å². The number of unbranched alkanes of at least 4 members (excludes halogenated alkanes) is 4. The predicted molar refractivity (Wildman–Crippen MR) is 87.5 cm³/mol. The van der Waals surface area contributed by atoms with Crippen molar-refractivity contribution in [1.82, 2.24) is 0 Å². The topological polar surface area (TPSA) is 57.6 Å². The van der Waals surface area contributed by atoms with Crippen molar-refractivity contribution >= 4 is 15.8 Å². The average molecular weight is 313 g/mol.